The summed E-state index contributed by atoms with van der Waals surface area (Å²) in [6.07, 6.45) is 3.19. The minimum atomic E-state index is -0.467. The van der Waals surface area contributed by atoms with Gasteiger partial charge in [0, 0.05) is 21.7 Å². The molecule has 0 atom stereocenters. The molecule has 0 saturated heterocycles. The lowest BCUT2D eigenvalue weighted by molar-refractivity contribution is -0.00504. The van der Waals surface area contributed by atoms with E-state index in [0.29, 0.717) is 28.0 Å². The number of benzene rings is 3. The van der Waals surface area contributed by atoms with Crippen LogP contribution in [0.1, 0.15) is 21.6 Å². The van der Waals surface area contributed by atoms with E-state index in [4.69, 9.17) is 10.5 Å². The Balaban J connectivity index is 1.43. The van der Waals surface area contributed by atoms with Crippen molar-refractivity contribution < 1.29 is 23.4 Å². The van der Waals surface area contributed by atoms with Crippen LogP contribution in [0.2, 0.25) is 0 Å². The molecule has 0 aliphatic carbocycles. The molecule has 11 heteroatoms. The van der Waals surface area contributed by atoms with Crippen molar-refractivity contribution in [2.24, 2.45) is 0 Å². The summed E-state index contributed by atoms with van der Waals surface area (Å²) in [5.41, 5.74) is 9.21. The monoisotopic (exact) mass is 521 g/mol. The molecule has 0 bridgehead atoms. The van der Waals surface area contributed by atoms with Gasteiger partial charge in [0.25, 0.3) is 0 Å². The molecular weight excluding hydrogens is 500 g/mol. The number of nitrogen functional groups attached to an aromatic ring is 1. The van der Waals surface area contributed by atoms with Crippen molar-refractivity contribution in [2.75, 3.05) is 16.7 Å². The third kappa shape index (κ3) is 4.56. The van der Waals surface area contributed by atoms with Gasteiger partial charge in [-0.15, -0.1) is 0 Å². The van der Waals surface area contributed by atoms with E-state index in [1.807, 2.05) is 6.92 Å². The summed E-state index contributed by atoms with van der Waals surface area (Å²) in [5.74, 6) is -0.137. The third-order valence-corrected chi connectivity index (χ3v) is 6.20. The fourth-order valence-corrected chi connectivity index (χ4v) is 4.37. The van der Waals surface area contributed by atoms with Gasteiger partial charge in [-0.2, -0.15) is 5.10 Å². The Morgan fingerprint density at radius 2 is 1.95 bits per heavy atom. The van der Waals surface area contributed by atoms with Crippen LogP contribution < -0.4 is 20.1 Å². The van der Waals surface area contributed by atoms with Gasteiger partial charge in [0.15, 0.2) is 17.3 Å². The molecule has 2 heterocycles. The maximum atomic E-state index is 13.9. The standard InChI is InChI=1S/C26H21F2N5O3S/c1-14-9-16(35-23-6-4-3-5-18(23)27)7-8-22(14)33-26(29)17(13-30-33)25(34)21-10-15-11-24(36-28)20(32-37-2)12-19(15)31-21/h3-13,31-32H,29H2,1-2H3. The highest BCUT2D eigenvalue weighted by atomic mass is 32.2. The molecule has 0 fully saturated rings. The van der Waals surface area contributed by atoms with Crippen LogP contribution in [-0.4, -0.2) is 26.8 Å². The minimum Gasteiger partial charge on any atom is -0.454 e. The second-order valence-electron chi connectivity index (χ2n) is 8.17. The van der Waals surface area contributed by atoms with E-state index in [1.54, 1.807) is 48.7 Å². The highest BCUT2D eigenvalue weighted by Gasteiger charge is 2.21. The summed E-state index contributed by atoms with van der Waals surface area (Å²) in [5, 5.41) is 4.91. The van der Waals surface area contributed by atoms with Crippen LogP contribution in [-0.2, 0) is 0 Å². The summed E-state index contributed by atoms with van der Waals surface area (Å²) < 4.78 is 37.0. The number of fused-ring (bicyclic) bond motifs is 1. The first-order chi connectivity index (χ1) is 17.9. The number of rotatable bonds is 8. The second kappa shape index (κ2) is 9.86. The summed E-state index contributed by atoms with van der Waals surface area (Å²) >= 11 is 1.28. The number of aromatic nitrogens is 3. The van der Waals surface area contributed by atoms with Crippen LogP contribution in [0.4, 0.5) is 20.4 Å². The molecular formula is C26H21F2N5O3S. The van der Waals surface area contributed by atoms with Crippen molar-refractivity contribution in [2.45, 2.75) is 6.92 Å². The topological polar surface area (TPSA) is 107 Å². The van der Waals surface area contributed by atoms with E-state index in [0.717, 1.165) is 5.56 Å². The Kier molecular flexibility index (Phi) is 6.45. The zero-order valence-electron chi connectivity index (χ0n) is 19.7. The Hall–Kier alpha value is -4.51. The summed E-state index contributed by atoms with van der Waals surface area (Å²) in [6.45, 7) is 1.83. The Bertz CT molecular complexity index is 1630. The van der Waals surface area contributed by atoms with Gasteiger partial charge in [0.2, 0.25) is 5.78 Å². The van der Waals surface area contributed by atoms with E-state index < -0.39 is 5.82 Å². The number of nitrogens with one attached hydrogen (secondary N) is 2. The predicted octanol–water partition coefficient (Wildman–Crippen LogP) is 6.36. The highest BCUT2D eigenvalue weighted by molar-refractivity contribution is 7.99. The van der Waals surface area contributed by atoms with Crippen molar-refractivity contribution >= 4 is 40.1 Å². The van der Waals surface area contributed by atoms with Crippen LogP contribution >= 0.6 is 11.9 Å². The van der Waals surface area contributed by atoms with Gasteiger partial charge in [0.1, 0.15) is 11.6 Å². The normalized spacial score (nSPS) is 11.0. The van der Waals surface area contributed by atoms with Crippen LogP contribution in [0, 0.1) is 12.7 Å². The van der Waals surface area contributed by atoms with Crippen LogP contribution in [0.3, 0.4) is 0 Å². The number of nitrogens with two attached hydrogens (primary N) is 1. The zero-order chi connectivity index (χ0) is 26.1. The largest absolute Gasteiger partial charge is 0.454 e. The number of aryl methyl sites for hydroxylation is 1. The summed E-state index contributed by atoms with van der Waals surface area (Å²) in [6, 6.07) is 16.0. The number of hydrogen-bond acceptors (Lipinski definition) is 7. The molecule has 0 aliphatic rings. The van der Waals surface area contributed by atoms with Crippen molar-refractivity contribution in [1.82, 2.24) is 14.8 Å². The number of anilines is 2. The number of para-hydroxylation sites is 1. The van der Waals surface area contributed by atoms with Crippen molar-refractivity contribution in [3.05, 3.63) is 89.5 Å². The molecule has 4 N–H and O–H groups in total. The van der Waals surface area contributed by atoms with Crippen molar-refractivity contribution in [3.8, 4) is 22.9 Å². The molecule has 0 radical (unpaired) electrons. The number of nitrogens with zero attached hydrogens (tertiary/aromatic N) is 2. The van der Waals surface area contributed by atoms with Gasteiger partial charge in [-0.25, -0.2) is 9.07 Å². The van der Waals surface area contributed by atoms with Crippen molar-refractivity contribution in [3.63, 3.8) is 0 Å². The lowest BCUT2D eigenvalue weighted by Gasteiger charge is -2.12. The quantitative estimate of drug-likeness (QED) is 0.161. The molecule has 8 nitrogen and oxygen atoms in total. The van der Waals surface area contributed by atoms with E-state index in [9.17, 15) is 13.7 Å². The molecule has 2 aromatic heterocycles. The van der Waals surface area contributed by atoms with Gasteiger partial charge in [0.05, 0.1) is 28.8 Å². The van der Waals surface area contributed by atoms with Gasteiger partial charge < -0.3 is 20.2 Å². The molecule has 5 rings (SSSR count). The van der Waals surface area contributed by atoms with E-state index in [-0.39, 0.29) is 34.4 Å². The fraction of sp³-hybridized carbons (Fsp3) is 0.0769. The third-order valence-electron chi connectivity index (χ3n) is 5.77. The molecule has 3 aromatic carbocycles. The highest BCUT2D eigenvalue weighted by Crippen LogP contribution is 2.33. The van der Waals surface area contributed by atoms with E-state index >= 15 is 0 Å². The lowest BCUT2D eigenvalue weighted by atomic mass is 10.1. The SMILES string of the molecule is CSNc1cc2[nH]c(C(=O)c3cnn(-c4ccc(Oc5ccccc5F)cc4C)c3N)cc2cc1OF. The van der Waals surface area contributed by atoms with E-state index in [1.165, 1.54) is 41.0 Å². The Morgan fingerprint density at radius 3 is 2.68 bits per heavy atom. The number of H-pyrrole nitrogens is 1. The average molecular weight is 522 g/mol. The predicted molar refractivity (Wildman–Crippen MR) is 140 cm³/mol. The molecule has 0 aliphatic heterocycles. The zero-order valence-corrected chi connectivity index (χ0v) is 20.5. The second-order valence-corrected chi connectivity index (χ2v) is 8.78. The number of aromatic amines is 1. The number of carbonyl (C=O) groups is 1. The maximum Gasteiger partial charge on any atom is 0.214 e. The van der Waals surface area contributed by atoms with Gasteiger partial charge >= 0.3 is 0 Å². The first kappa shape index (κ1) is 24.2. The smallest absolute Gasteiger partial charge is 0.214 e. The maximum absolute atomic E-state index is 13.9. The number of hydrogen-bond donors (Lipinski definition) is 3. The molecule has 0 spiro atoms. The fourth-order valence-electron chi connectivity index (χ4n) is 3.99. The van der Waals surface area contributed by atoms with Gasteiger partial charge in [-0.05, 0) is 61.0 Å². The van der Waals surface area contributed by atoms with Crippen LogP contribution in [0.15, 0.2) is 66.9 Å². The average Bonchev–Trinajstić information content (AvgIpc) is 3.48. The molecule has 5 aromatic rings. The molecule has 0 amide bonds. The van der Waals surface area contributed by atoms with E-state index in [2.05, 4.69) is 19.7 Å². The first-order valence-electron chi connectivity index (χ1n) is 11.1. The minimum absolute atomic E-state index is 0.00471. The Morgan fingerprint density at radius 1 is 1.14 bits per heavy atom. The number of carbonyl (C=O) groups excluding carboxylic acids is 1. The molecule has 188 valence electrons. The Labute approximate surface area is 214 Å². The number of ketones is 1. The molecule has 0 unspecified atom stereocenters. The number of ether oxygens (including phenoxy) is 1. The molecule has 0 saturated carbocycles. The van der Waals surface area contributed by atoms with Crippen LogP contribution in [0.25, 0.3) is 16.6 Å². The number of halogens is 2. The van der Waals surface area contributed by atoms with Crippen LogP contribution in [0.5, 0.6) is 17.2 Å². The van der Waals surface area contributed by atoms with Gasteiger partial charge in [-0.1, -0.05) is 24.1 Å². The van der Waals surface area contributed by atoms with Crippen molar-refractivity contribution in [1.29, 1.82) is 0 Å². The van der Waals surface area contributed by atoms with Gasteiger partial charge in [-0.3, -0.25) is 9.74 Å². The molecule has 37 heavy (non-hydrogen) atoms. The lowest BCUT2D eigenvalue weighted by Crippen LogP contribution is -2.08. The summed E-state index contributed by atoms with van der Waals surface area (Å²) in [7, 11) is 0. The summed E-state index contributed by atoms with van der Waals surface area (Å²) in [4.78, 5) is 20.3. The first-order valence-corrected chi connectivity index (χ1v) is 12.3.